The van der Waals surface area contributed by atoms with E-state index in [1.54, 1.807) is 0 Å². The second-order valence-electron chi connectivity index (χ2n) is 4.89. The Morgan fingerprint density at radius 3 is 2.06 bits per heavy atom. The summed E-state index contributed by atoms with van der Waals surface area (Å²) in [4.78, 5) is 2.39. The Morgan fingerprint density at radius 1 is 1.00 bits per heavy atom. The Balaban J connectivity index is 2.55. The van der Waals surface area contributed by atoms with Crippen LogP contribution in [0.25, 0.3) is 0 Å². The van der Waals surface area contributed by atoms with E-state index in [0.29, 0.717) is 0 Å². The molecule has 0 spiro atoms. The van der Waals surface area contributed by atoms with Gasteiger partial charge in [0.1, 0.15) is 0 Å². The molecule has 0 aromatic heterocycles. The monoisotopic (exact) mass is 233 g/mol. The van der Waals surface area contributed by atoms with Gasteiger partial charge in [-0.25, -0.2) is 0 Å². The van der Waals surface area contributed by atoms with E-state index < -0.39 is 0 Å². The Bertz CT molecular complexity index is 298. The Labute approximate surface area is 107 Å². The number of nitrogens with zero attached hydrogens (tertiary/aromatic N) is 1. The number of hydrogen-bond donors (Lipinski definition) is 0. The minimum atomic E-state index is 0.845. The van der Waals surface area contributed by atoms with Crippen LogP contribution in [0.2, 0.25) is 0 Å². The van der Waals surface area contributed by atoms with Crippen LogP contribution in [-0.2, 0) is 6.42 Å². The van der Waals surface area contributed by atoms with Gasteiger partial charge in [-0.3, -0.25) is 0 Å². The highest BCUT2D eigenvalue weighted by Crippen LogP contribution is 2.17. The molecule has 0 N–H and O–H groups in total. The van der Waals surface area contributed by atoms with E-state index in [-0.39, 0.29) is 0 Å². The third-order valence-electron chi connectivity index (χ3n) is 3.69. The van der Waals surface area contributed by atoms with Gasteiger partial charge in [0.05, 0.1) is 0 Å². The lowest BCUT2D eigenvalue weighted by molar-refractivity contribution is 0.516. The number of rotatable bonds is 7. The lowest BCUT2D eigenvalue weighted by Crippen LogP contribution is -2.21. The fourth-order valence-corrected chi connectivity index (χ4v) is 2.08. The average Bonchev–Trinajstić information content (AvgIpc) is 2.38. The molecule has 17 heavy (non-hydrogen) atoms. The quantitative estimate of drug-likeness (QED) is 0.669. The molecule has 1 aromatic carbocycles. The molecule has 0 fully saturated rings. The first-order chi connectivity index (χ1) is 8.21. The molecule has 1 nitrogen and oxygen atoms in total. The van der Waals surface area contributed by atoms with Gasteiger partial charge in [0.15, 0.2) is 0 Å². The second-order valence-corrected chi connectivity index (χ2v) is 4.89. The van der Waals surface area contributed by atoms with E-state index in [0.717, 1.165) is 19.0 Å². The van der Waals surface area contributed by atoms with Crippen LogP contribution in [0.1, 0.15) is 46.1 Å². The summed E-state index contributed by atoms with van der Waals surface area (Å²) in [7, 11) is 0. The van der Waals surface area contributed by atoms with Gasteiger partial charge in [-0.2, -0.15) is 0 Å². The third-order valence-corrected chi connectivity index (χ3v) is 3.69. The van der Waals surface area contributed by atoms with Gasteiger partial charge in [-0.15, -0.1) is 0 Å². The zero-order valence-corrected chi connectivity index (χ0v) is 11.9. The summed E-state index contributed by atoms with van der Waals surface area (Å²) in [6.45, 7) is 11.2. The molecule has 0 heterocycles. The first-order valence-electron chi connectivity index (χ1n) is 7.05. The molecule has 0 aliphatic carbocycles. The highest BCUT2D eigenvalue weighted by atomic mass is 15.1. The third kappa shape index (κ3) is 4.41. The molecule has 0 bridgehead atoms. The van der Waals surface area contributed by atoms with E-state index in [4.69, 9.17) is 0 Å². The summed E-state index contributed by atoms with van der Waals surface area (Å²) in [5.74, 6) is 0.845. The van der Waals surface area contributed by atoms with Crippen LogP contribution in [0.4, 0.5) is 5.69 Å². The Kier molecular flexibility index (Phi) is 6.10. The van der Waals surface area contributed by atoms with Crippen LogP contribution in [0, 0.1) is 5.92 Å². The Hall–Kier alpha value is -0.980. The van der Waals surface area contributed by atoms with E-state index in [9.17, 15) is 0 Å². The fourth-order valence-electron chi connectivity index (χ4n) is 2.08. The van der Waals surface area contributed by atoms with Crippen molar-refractivity contribution >= 4 is 5.69 Å². The molecule has 0 aliphatic rings. The van der Waals surface area contributed by atoms with Crippen LogP contribution in [-0.4, -0.2) is 13.1 Å². The summed E-state index contributed by atoms with van der Waals surface area (Å²) < 4.78 is 0. The molecule has 0 saturated heterocycles. The minimum Gasteiger partial charge on any atom is -0.372 e. The van der Waals surface area contributed by atoms with Crippen LogP contribution in [0.15, 0.2) is 24.3 Å². The topological polar surface area (TPSA) is 3.24 Å². The summed E-state index contributed by atoms with van der Waals surface area (Å²) in [5, 5.41) is 0. The van der Waals surface area contributed by atoms with Crippen molar-refractivity contribution in [2.75, 3.05) is 18.0 Å². The molecule has 1 atom stereocenters. The molecule has 1 unspecified atom stereocenters. The summed E-state index contributed by atoms with van der Waals surface area (Å²) in [5.41, 5.74) is 2.82. The highest BCUT2D eigenvalue weighted by Gasteiger charge is 2.03. The van der Waals surface area contributed by atoms with Crippen LogP contribution < -0.4 is 4.90 Å². The van der Waals surface area contributed by atoms with Crippen molar-refractivity contribution in [3.63, 3.8) is 0 Å². The zero-order valence-electron chi connectivity index (χ0n) is 11.9. The number of aryl methyl sites for hydroxylation is 1. The molecule has 0 radical (unpaired) electrons. The minimum absolute atomic E-state index is 0.845. The number of anilines is 1. The molecule has 1 aromatic rings. The predicted octanol–water partition coefficient (Wildman–Crippen LogP) is 4.51. The predicted molar refractivity (Wildman–Crippen MR) is 77.8 cm³/mol. The molecule has 1 rings (SSSR count). The maximum absolute atomic E-state index is 2.39. The molecular weight excluding hydrogens is 206 g/mol. The van der Waals surface area contributed by atoms with E-state index in [1.165, 1.54) is 30.5 Å². The Morgan fingerprint density at radius 2 is 1.59 bits per heavy atom. The molecule has 0 aliphatic heterocycles. The zero-order chi connectivity index (χ0) is 12.7. The van der Waals surface area contributed by atoms with E-state index >= 15 is 0 Å². The van der Waals surface area contributed by atoms with Crippen LogP contribution in [0.3, 0.4) is 0 Å². The van der Waals surface area contributed by atoms with Crippen molar-refractivity contribution in [3.05, 3.63) is 29.8 Å². The first kappa shape index (κ1) is 14.1. The van der Waals surface area contributed by atoms with E-state index in [1.807, 2.05) is 0 Å². The largest absolute Gasteiger partial charge is 0.372 e. The van der Waals surface area contributed by atoms with Crippen molar-refractivity contribution in [1.29, 1.82) is 0 Å². The lowest BCUT2D eigenvalue weighted by Gasteiger charge is -2.21. The highest BCUT2D eigenvalue weighted by molar-refractivity contribution is 5.47. The SMILES string of the molecule is CCC(C)CCc1ccc(N(CC)CC)cc1. The van der Waals surface area contributed by atoms with E-state index in [2.05, 4.69) is 56.9 Å². The molecule has 0 saturated carbocycles. The lowest BCUT2D eigenvalue weighted by atomic mass is 9.99. The second kappa shape index (κ2) is 7.37. The number of benzene rings is 1. The molecule has 0 amide bonds. The maximum atomic E-state index is 2.39. The van der Waals surface area contributed by atoms with Gasteiger partial charge >= 0.3 is 0 Å². The van der Waals surface area contributed by atoms with Gasteiger partial charge in [-0.1, -0.05) is 32.4 Å². The van der Waals surface area contributed by atoms with Crippen molar-refractivity contribution in [1.82, 2.24) is 0 Å². The molecule has 96 valence electrons. The van der Waals surface area contributed by atoms with Gasteiger partial charge < -0.3 is 4.90 Å². The fraction of sp³-hybridized carbons (Fsp3) is 0.625. The van der Waals surface area contributed by atoms with Crippen molar-refractivity contribution in [2.24, 2.45) is 5.92 Å². The first-order valence-corrected chi connectivity index (χ1v) is 7.05. The normalized spacial score (nSPS) is 12.5. The standard InChI is InChI=1S/C16H27N/c1-5-14(4)8-9-15-10-12-16(13-11-15)17(6-2)7-3/h10-14H,5-9H2,1-4H3. The average molecular weight is 233 g/mol. The van der Waals surface area contributed by atoms with Crippen molar-refractivity contribution in [2.45, 2.75) is 47.0 Å². The summed E-state index contributed by atoms with van der Waals surface area (Å²) in [6.07, 6.45) is 3.81. The van der Waals surface area contributed by atoms with Crippen LogP contribution in [0.5, 0.6) is 0 Å². The van der Waals surface area contributed by atoms with Crippen molar-refractivity contribution in [3.8, 4) is 0 Å². The smallest absolute Gasteiger partial charge is 0.0366 e. The van der Waals surface area contributed by atoms with Crippen molar-refractivity contribution < 1.29 is 0 Å². The number of hydrogen-bond acceptors (Lipinski definition) is 1. The van der Waals surface area contributed by atoms with Gasteiger partial charge in [0.2, 0.25) is 0 Å². The van der Waals surface area contributed by atoms with Gasteiger partial charge in [-0.05, 0) is 50.3 Å². The van der Waals surface area contributed by atoms with Gasteiger partial charge in [0, 0.05) is 18.8 Å². The maximum Gasteiger partial charge on any atom is 0.0366 e. The van der Waals surface area contributed by atoms with Crippen LogP contribution >= 0.6 is 0 Å². The van der Waals surface area contributed by atoms with Gasteiger partial charge in [0.25, 0.3) is 0 Å². The molecular formula is C16H27N. The summed E-state index contributed by atoms with van der Waals surface area (Å²) >= 11 is 0. The summed E-state index contributed by atoms with van der Waals surface area (Å²) in [6, 6.07) is 9.10. The molecule has 1 heteroatoms.